The normalized spacial score (nSPS) is 15.9. The van der Waals surface area contributed by atoms with Crippen LogP contribution in [0.25, 0.3) is 11.3 Å². The van der Waals surface area contributed by atoms with Gasteiger partial charge in [-0.2, -0.15) is 0 Å². The van der Waals surface area contributed by atoms with Gasteiger partial charge in [0.1, 0.15) is 17.5 Å². The van der Waals surface area contributed by atoms with Gasteiger partial charge in [0.15, 0.2) is 17.3 Å². The van der Waals surface area contributed by atoms with Crippen molar-refractivity contribution in [2.45, 2.75) is 39.7 Å². The minimum Gasteiger partial charge on any atom is -0.361 e. The fraction of sp³-hybridized carbons (Fsp3) is 0.292. The van der Waals surface area contributed by atoms with Crippen LogP contribution in [0.1, 0.15) is 40.6 Å². The van der Waals surface area contributed by atoms with E-state index in [1.165, 1.54) is 26.9 Å². The number of imidazole rings is 1. The number of aliphatic hydroxyl groups excluding tert-OH is 1. The second-order valence-electron chi connectivity index (χ2n) is 8.89. The first-order valence-electron chi connectivity index (χ1n) is 11.6. The van der Waals surface area contributed by atoms with Gasteiger partial charge in [0.2, 0.25) is 12.3 Å². The molecule has 1 aliphatic rings. The number of nitrogens with one attached hydrogen (secondary N) is 1. The topological polar surface area (TPSA) is 155 Å². The SMILES string of the molecule is Cc1cc(CN2C(=O)c3c(ncn3[C@@H](C)C(=O)Nc3cncc(-c4cnc(C)c(Cl)c4)n3)N(C)C2O)no1. The van der Waals surface area contributed by atoms with Gasteiger partial charge in [-0.25, -0.2) is 9.97 Å². The summed E-state index contributed by atoms with van der Waals surface area (Å²) in [5.41, 5.74) is 2.45. The van der Waals surface area contributed by atoms with Gasteiger partial charge in [-0.15, -0.1) is 0 Å². The lowest BCUT2D eigenvalue weighted by Gasteiger charge is -2.38. The minimum atomic E-state index is -1.28. The zero-order valence-electron chi connectivity index (χ0n) is 21.0. The smallest absolute Gasteiger partial charge is 0.278 e. The Balaban J connectivity index is 1.38. The van der Waals surface area contributed by atoms with Crippen molar-refractivity contribution in [1.82, 2.24) is 34.6 Å². The van der Waals surface area contributed by atoms with E-state index in [9.17, 15) is 14.7 Å². The third kappa shape index (κ3) is 4.57. The maximum Gasteiger partial charge on any atom is 0.278 e. The number of amides is 2. The third-order valence-electron chi connectivity index (χ3n) is 6.21. The number of hydrogen-bond acceptors (Lipinski definition) is 10. The number of anilines is 2. The van der Waals surface area contributed by atoms with Gasteiger partial charge >= 0.3 is 0 Å². The van der Waals surface area contributed by atoms with Crippen LogP contribution >= 0.6 is 11.6 Å². The van der Waals surface area contributed by atoms with Gasteiger partial charge in [0, 0.05) is 24.9 Å². The minimum absolute atomic E-state index is 0.00709. The van der Waals surface area contributed by atoms with Crippen LogP contribution in [0.15, 0.2) is 41.6 Å². The molecule has 38 heavy (non-hydrogen) atoms. The molecule has 2 atom stereocenters. The second-order valence-corrected chi connectivity index (χ2v) is 9.30. The zero-order chi connectivity index (χ0) is 27.1. The average molecular weight is 538 g/mol. The molecule has 0 spiro atoms. The Bertz CT molecular complexity index is 1530. The lowest BCUT2D eigenvalue weighted by atomic mass is 10.2. The molecule has 4 aromatic heterocycles. The summed E-state index contributed by atoms with van der Waals surface area (Å²) in [5, 5.41) is 17.9. The molecule has 1 unspecified atom stereocenters. The molecule has 0 radical (unpaired) electrons. The summed E-state index contributed by atoms with van der Waals surface area (Å²) in [5.74, 6) is 0.0929. The molecule has 5 heterocycles. The molecule has 196 valence electrons. The molecule has 13 nitrogen and oxygen atoms in total. The number of hydrogen-bond donors (Lipinski definition) is 2. The number of nitrogens with zero attached hydrogens (tertiary/aromatic N) is 8. The zero-order valence-corrected chi connectivity index (χ0v) is 21.7. The van der Waals surface area contributed by atoms with Crippen LogP contribution in [0.2, 0.25) is 5.02 Å². The summed E-state index contributed by atoms with van der Waals surface area (Å²) < 4.78 is 6.54. The fourth-order valence-electron chi connectivity index (χ4n) is 4.06. The van der Waals surface area contributed by atoms with Crippen molar-refractivity contribution < 1.29 is 19.2 Å². The van der Waals surface area contributed by atoms with Gasteiger partial charge < -0.3 is 24.4 Å². The Morgan fingerprint density at radius 2 is 2.03 bits per heavy atom. The van der Waals surface area contributed by atoms with Crippen molar-refractivity contribution in [2.75, 3.05) is 17.3 Å². The molecule has 4 aromatic rings. The Labute approximate surface area is 222 Å². The molecule has 0 aliphatic carbocycles. The van der Waals surface area contributed by atoms with Gasteiger partial charge in [0.25, 0.3) is 5.91 Å². The lowest BCUT2D eigenvalue weighted by molar-refractivity contribution is -0.118. The Morgan fingerprint density at radius 1 is 1.24 bits per heavy atom. The van der Waals surface area contributed by atoms with E-state index in [4.69, 9.17) is 16.1 Å². The summed E-state index contributed by atoms with van der Waals surface area (Å²) in [7, 11) is 1.60. The van der Waals surface area contributed by atoms with E-state index in [1.807, 2.05) is 0 Å². The van der Waals surface area contributed by atoms with Crippen molar-refractivity contribution in [2.24, 2.45) is 0 Å². The summed E-state index contributed by atoms with van der Waals surface area (Å²) in [4.78, 5) is 46.5. The van der Waals surface area contributed by atoms with Crippen molar-refractivity contribution in [3.8, 4) is 11.3 Å². The molecule has 0 fully saturated rings. The fourth-order valence-corrected chi connectivity index (χ4v) is 4.22. The number of halogens is 1. The van der Waals surface area contributed by atoms with Crippen LogP contribution in [0.4, 0.5) is 11.6 Å². The number of fused-ring (bicyclic) bond motifs is 1. The number of rotatable bonds is 6. The summed E-state index contributed by atoms with van der Waals surface area (Å²) >= 11 is 6.18. The van der Waals surface area contributed by atoms with Crippen molar-refractivity contribution >= 4 is 35.1 Å². The van der Waals surface area contributed by atoms with Crippen LogP contribution in [0, 0.1) is 13.8 Å². The Kier molecular flexibility index (Phi) is 6.55. The van der Waals surface area contributed by atoms with E-state index in [0.717, 1.165) is 0 Å². The van der Waals surface area contributed by atoms with Crippen LogP contribution in [0.5, 0.6) is 0 Å². The van der Waals surface area contributed by atoms with E-state index in [-0.39, 0.29) is 23.9 Å². The third-order valence-corrected chi connectivity index (χ3v) is 6.59. The highest BCUT2D eigenvalue weighted by Crippen LogP contribution is 2.31. The Hall–Kier alpha value is -4.36. The first kappa shape index (κ1) is 25.3. The molecular formula is C24H24ClN9O4. The van der Waals surface area contributed by atoms with Crippen LogP contribution in [0.3, 0.4) is 0 Å². The highest BCUT2D eigenvalue weighted by atomic mass is 35.5. The molecule has 14 heteroatoms. The predicted octanol–water partition coefficient (Wildman–Crippen LogP) is 2.56. The quantitative estimate of drug-likeness (QED) is 0.374. The molecule has 2 amide bonds. The van der Waals surface area contributed by atoms with Crippen molar-refractivity contribution in [1.29, 1.82) is 0 Å². The molecule has 2 N–H and O–H groups in total. The maximum absolute atomic E-state index is 13.5. The van der Waals surface area contributed by atoms with E-state index in [2.05, 4.69) is 30.4 Å². The molecule has 0 aromatic carbocycles. The van der Waals surface area contributed by atoms with E-state index >= 15 is 0 Å². The molecule has 0 bridgehead atoms. The molecule has 1 aliphatic heterocycles. The maximum atomic E-state index is 13.5. The Morgan fingerprint density at radius 3 is 2.74 bits per heavy atom. The van der Waals surface area contributed by atoms with Crippen molar-refractivity contribution in [3.05, 3.63) is 64.9 Å². The van der Waals surface area contributed by atoms with Gasteiger partial charge in [-0.05, 0) is 26.8 Å². The van der Waals surface area contributed by atoms with Crippen molar-refractivity contribution in [3.63, 3.8) is 0 Å². The highest BCUT2D eigenvalue weighted by Gasteiger charge is 2.40. The molecule has 0 saturated carbocycles. The van der Waals surface area contributed by atoms with Gasteiger partial charge in [-0.1, -0.05) is 16.8 Å². The number of carbonyl (C=O) groups excluding carboxylic acids is 2. The number of carbonyl (C=O) groups is 2. The summed E-state index contributed by atoms with van der Waals surface area (Å²) in [6.07, 6.45) is 4.69. The first-order valence-corrected chi connectivity index (χ1v) is 12.0. The lowest BCUT2D eigenvalue weighted by Crippen LogP contribution is -2.54. The van der Waals surface area contributed by atoms with E-state index in [0.29, 0.717) is 33.4 Å². The largest absolute Gasteiger partial charge is 0.361 e. The number of aliphatic hydroxyl groups is 1. The predicted molar refractivity (Wildman–Crippen MR) is 136 cm³/mol. The summed E-state index contributed by atoms with van der Waals surface area (Å²) in [6, 6.07) is 2.55. The van der Waals surface area contributed by atoms with E-state index < -0.39 is 24.2 Å². The molecule has 0 saturated heterocycles. The highest BCUT2D eigenvalue weighted by molar-refractivity contribution is 6.31. The molecular weight excluding hydrogens is 514 g/mol. The van der Waals surface area contributed by atoms with E-state index in [1.54, 1.807) is 52.3 Å². The number of aromatic nitrogens is 6. The standard InChI is InChI=1S/C24H24ClN9O4/c1-12-5-16(31-38-12)10-33-23(36)20-21(32(4)24(33)37)28-11-34(20)14(3)22(35)30-19-9-26-8-18(29-19)15-6-17(25)13(2)27-7-15/h5-9,11,14,24,37H,10H2,1-4H3,(H,29,30,35)/t14-,24?/m0/s1. The summed E-state index contributed by atoms with van der Waals surface area (Å²) in [6.45, 7) is 5.16. The average Bonchev–Trinajstić information content (AvgIpc) is 3.53. The second kappa shape index (κ2) is 9.84. The van der Waals surface area contributed by atoms with Gasteiger partial charge in [0.05, 0.1) is 41.7 Å². The monoisotopic (exact) mass is 537 g/mol. The van der Waals surface area contributed by atoms with Crippen LogP contribution in [-0.2, 0) is 11.3 Å². The van der Waals surface area contributed by atoms with Gasteiger partial charge in [-0.3, -0.25) is 24.5 Å². The van der Waals surface area contributed by atoms with Crippen LogP contribution in [-0.4, -0.2) is 64.9 Å². The molecule has 5 rings (SSSR count). The number of pyridine rings is 1. The first-order chi connectivity index (χ1) is 18.1. The van der Waals surface area contributed by atoms with Crippen LogP contribution < -0.4 is 10.2 Å². The number of aryl methyl sites for hydroxylation is 2.